The van der Waals surface area contributed by atoms with Gasteiger partial charge in [0.05, 0.1) is 17.0 Å². The Balaban J connectivity index is 1.07. The fraction of sp³-hybridized carbons (Fsp3) is 0.0189. The van der Waals surface area contributed by atoms with Crippen LogP contribution in [0.4, 0.5) is 0 Å². The summed E-state index contributed by atoms with van der Waals surface area (Å²) in [6.07, 6.45) is 0. The predicted molar refractivity (Wildman–Crippen MR) is 229 cm³/mol. The van der Waals surface area contributed by atoms with Crippen molar-refractivity contribution in [1.82, 2.24) is 15.0 Å². The number of benzene rings is 8. The van der Waals surface area contributed by atoms with Crippen molar-refractivity contribution in [1.29, 1.82) is 5.26 Å². The minimum Gasteiger partial charge on any atom is -0.208 e. The lowest BCUT2D eigenvalue weighted by molar-refractivity contribution is 0.768. The molecule has 0 bridgehead atoms. The van der Waals surface area contributed by atoms with Crippen molar-refractivity contribution >= 4 is 0 Å². The smallest absolute Gasteiger partial charge is 0.164 e. The molecule has 0 fully saturated rings. The number of hydrogen-bond donors (Lipinski definition) is 0. The first-order chi connectivity index (χ1) is 28.2. The van der Waals surface area contributed by atoms with E-state index in [4.69, 9.17) is 15.0 Å². The van der Waals surface area contributed by atoms with Crippen LogP contribution in [0.3, 0.4) is 0 Å². The van der Waals surface area contributed by atoms with E-state index in [0.717, 1.165) is 38.9 Å². The number of aromatic nitrogens is 3. The highest BCUT2D eigenvalue weighted by atomic mass is 15.0. The van der Waals surface area contributed by atoms with E-state index in [1.165, 1.54) is 33.4 Å². The molecule has 1 aliphatic rings. The van der Waals surface area contributed by atoms with Gasteiger partial charge in [-0.15, -0.1) is 0 Å². The van der Waals surface area contributed by atoms with E-state index in [1.807, 2.05) is 84.9 Å². The van der Waals surface area contributed by atoms with Gasteiger partial charge in [-0.05, 0) is 67.8 Å². The average molecular weight is 727 g/mol. The normalized spacial score (nSPS) is 12.3. The van der Waals surface area contributed by atoms with Crippen LogP contribution in [0, 0.1) is 11.3 Å². The first-order valence-corrected chi connectivity index (χ1v) is 19.1. The van der Waals surface area contributed by atoms with Gasteiger partial charge in [-0.2, -0.15) is 5.26 Å². The highest BCUT2D eigenvalue weighted by molar-refractivity contribution is 5.86. The number of nitrogens with zero attached hydrogens (tertiary/aromatic N) is 4. The van der Waals surface area contributed by atoms with E-state index in [2.05, 4.69) is 127 Å². The van der Waals surface area contributed by atoms with Gasteiger partial charge in [0.15, 0.2) is 17.5 Å². The minimum atomic E-state index is -0.548. The molecule has 0 N–H and O–H groups in total. The van der Waals surface area contributed by atoms with Crippen molar-refractivity contribution in [2.45, 2.75) is 5.41 Å². The second-order valence-corrected chi connectivity index (χ2v) is 14.3. The lowest BCUT2D eigenvalue weighted by atomic mass is 9.67. The van der Waals surface area contributed by atoms with Crippen LogP contribution in [0.2, 0.25) is 0 Å². The van der Waals surface area contributed by atoms with Crippen molar-refractivity contribution in [3.63, 3.8) is 0 Å². The highest BCUT2D eigenvalue weighted by Crippen LogP contribution is 2.56. The van der Waals surface area contributed by atoms with E-state index < -0.39 is 5.41 Å². The molecule has 4 nitrogen and oxygen atoms in total. The molecule has 1 aliphatic carbocycles. The monoisotopic (exact) mass is 726 g/mol. The lowest BCUT2D eigenvalue weighted by Crippen LogP contribution is -2.28. The van der Waals surface area contributed by atoms with Gasteiger partial charge in [0.25, 0.3) is 0 Å². The second kappa shape index (κ2) is 14.2. The van der Waals surface area contributed by atoms with Gasteiger partial charge in [-0.3, -0.25) is 0 Å². The Bertz CT molecular complexity index is 2810. The molecular weight excluding hydrogens is 693 g/mol. The predicted octanol–water partition coefficient (Wildman–Crippen LogP) is 12.4. The Kier molecular flexibility index (Phi) is 8.39. The van der Waals surface area contributed by atoms with Crippen LogP contribution in [0.1, 0.15) is 27.8 Å². The molecular formula is C53H34N4. The molecule has 4 heteroatoms. The molecule has 0 spiro atoms. The van der Waals surface area contributed by atoms with Gasteiger partial charge >= 0.3 is 0 Å². The van der Waals surface area contributed by atoms with E-state index >= 15 is 0 Å². The van der Waals surface area contributed by atoms with Crippen molar-refractivity contribution in [3.8, 4) is 73.6 Å². The van der Waals surface area contributed by atoms with Gasteiger partial charge in [0.2, 0.25) is 0 Å². The fourth-order valence-corrected chi connectivity index (χ4v) is 8.34. The molecule has 0 unspecified atom stereocenters. The zero-order valence-electron chi connectivity index (χ0n) is 30.9. The molecule has 0 radical (unpaired) electrons. The van der Waals surface area contributed by atoms with E-state index in [-0.39, 0.29) is 0 Å². The largest absolute Gasteiger partial charge is 0.208 e. The van der Waals surface area contributed by atoms with Crippen LogP contribution in [0.15, 0.2) is 206 Å². The molecule has 0 saturated heterocycles. The summed E-state index contributed by atoms with van der Waals surface area (Å²) in [7, 11) is 0. The summed E-state index contributed by atoms with van der Waals surface area (Å²) >= 11 is 0. The molecule has 8 aromatic carbocycles. The SMILES string of the molecule is N#Cc1ccc(-c2ccc(-c3ccc(C4(c5ccc(-c6nc(-c7ccccc7)nc(-c7ccccc7)n6)cc5)c5ccccc5-c5ccccc54)cc3)cc2)cc1. The van der Waals surface area contributed by atoms with E-state index in [9.17, 15) is 5.26 Å². The van der Waals surface area contributed by atoms with Gasteiger partial charge in [-0.1, -0.05) is 194 Å². The summed E-state index contributed by atoms with van der Waals surface area (Å²) in [6, 6.07) is 74.2. The average Bonchev–Trinajstić information content (AvgIpc) is 3.61. The molecule has 0 aliphatic heterocycles. The second-order valence-electron chi connectivity index (χ2n) is 14.3. The molecule has 0 atom stereocenters. The van der Waals surface area contributed by atoms with E-state index in [0.29, 0.717) is 23.0 Å². The summed E-state index contributed by atoms with van der Waals surface area (Å²) in [5.74, 6) is 1.91. The van der Waals surface area contributed by atoms with Crippen LogP contribution in [0.5, 0.6) is 0 Å². The summed E-state index contributed by atoms with van der Waals surface area (Å²) in [6.45, 7) is 0. The Morgan fingerprint density at radius 2 is 0.632 bits per heavy atom. The van der Waals surface area contributed by atoms with Crippen LogP contribution < -0.4 is 0 Å². The third-order valence-electron chi connectivity index (χ3n) is 11.1. The number of nitriles is 1. The minimum absolute atomic E-state index is 0.548. The maximum atomic E-state index is 9.21. The molecule has 0 saturated carbocycles. The Morgan fingerprint density at radius 3 is 1.04 bits per heavy atom. The van der Waals surface area contributed by atoms with Crippen molar-refractivity contribution in [3.05, 3.63) is 234 Å². The molecule has 10 rings (SSSR count). The topological polar surface area (TPSA) is 62.5 Å². The maximum Gasteiger partial charge on any atom is 0.164 e. The summed E-state index contributed by atoms with van der Waals surface area (Å²) in [5, 5.41) is 9.21. The van der Waals surface area contributed by atoms with Crippen molar-refractivity contribution in [2.24, 2.45) is 0 Å². The van der Waals surface area contributed by atoms with Gasteiger partial charge in [0, 0.05) is 16.7 Å². The van der Waals surface area contributed by atoms with Gasteiger partial charge < -0.3 is 0 Å². The quantitative estimate of drug-likeness (QED) is 0.164. The fourth-order valence-electron chi connectivity index (χ4n) is 8.34. The van der Waals surface area contributed by atoms with E-state index in [1.54, 1.807) is 0 Å². The number of rotatable bonds is 7. The van der Waals surface area contributed by atoms with Crippen LogP contribution in [-0.4, -0.2) is 15.0 Å². The Hall–Kier alpha value is -7.74. The molecule has 57 heavy (non-hydrogen) atoms. The van der Waals surface area contributed by atoms with Crippen LogP contribution in [-0.2, 0) is 5.41 Å². The van der Waals surface area contributed by atoms with Gasteiger partial charge in [-0.25, -0.2) is 15.0 Å². The first-order valence-electron chi connectivity index (χ1n) is 19.1. The number of hydrogen-bond acceptors (Lipinski definition) is 4. The zero-order valence-corrected chi connectivity index (χ0v) is 30.9. The molecule has 1 heterocycles. The lowest BCUT2D eigenvalue weighted by Gasteiger charge is -2.34. The molecule has 0 amide bonds. The summed E-state index contributed by atoms with van der Waals surface area (Å²) in [5.41, 5.74) is 14.8. The molecule has 9 aromatic rings. The van der Waals surface area contributed by atoms with Crippen molar-refractivity contribution in [2.75, 3.05) is 0 Å². The van der Waals surface area contributed by atoms with Crippen LogP contribution in [0.25, 0.3) is 67.5 Å². The molecule has 1 aromatic heterocycles. The van der Waals surface area contributed by atoms with Gasteiger partial charge in [0.1, 0.15) is 0 Å². The Labute approximate surface area is 332 Å². The van der Waals surface area contributed by atoms with Crippen LogP contribution >= 0.6 is 0 Å². The maximum absolute atomic E-state index is 9.21. The van der Waals surface area contributed by atoms with Crippen molar-refractivity contribution < 1.29 is 0 Å². The molecule has 266 valence electrons. The highest BCUT2D eigenvalue weighted by Gasteiger charge is 2.45. The third kappa shape index (κ3) is 5.90. The summed E-state index contributed by atoms with van der Waals surface area (Å²) < 4.78 is 0. The number of fused-ring (bicyclic) bond motifs is 3. The first kappa shape index (κ1) is 33.8. The third-order valence-corrected chi connectivity index (χ3v) is 11.1. The zero-order chi connectivity index (χ0) is 38.2. The standard InChI is InChI=1S/C53H34N4/c54-35-36-19-21-37(22-20-36)38-23-25-39(26-24-38)40-27-31-44(32-28-40)53(48-17-9-7-15-46(48)47-16-8-10-18-49(47)53)45-33-29-43(30-34-45)52-56-50(41-11-3-1-4-12-41)55-51(57-52)42-13-5-2-6-14-42/h1-34H. The Morgan fingerprint density at radius 1 is 0.316 bits per heavy atom. The summed E-state index contributed by atoms with van der Waals surface area (Å²) in [4.78, 5) is 14.9.